The third kappa shape index (κ3) is 6.76. The van der Waals surface area contributed by atoms with Gasteiger partial charge in [-0.25, -0.2) is 4.39 Å². The van der Waals surface area contributed by atoms with Gasteiger partial charge in [0.1, 0.15) is 29.9 Å². The van der Waals surface area contributed by atoms with E-state index in [4.69, 9.17) is 14.2 Å². The van der Waals surface area contributed by atoms with Gasteiger partial charge in [-0.05, 0) is 66.8 Å². The Morgan fingerprint density at radius 3 is 2.50 bits per heavy atom. The summed E-state index contributed by atoms with van der Waals surface area (Å²) in [5.74, 6) is -0.129. The first-order valence-corrected chi connectivity index (χ1v) is 12.6. The highest BCUT2D eigenvalue weighted by molar-refractivity contribution is 5.73. The molecular weight excluding hydrogens is 489 g/mol. The maximum absolute atomic E-state index is 14.0. The summed E-state index contributed by atoms with van der Waals surface area (Å²) in [5.41, 5.74) is 2.22. The average molecular weight is 524 g/mol. The number of aliphatic hydroxyl groups is 2. The number of hydrogen-bond donors (Lipinski definition) is 3. The number of carbonyl (C=O) groups is 1. The van der Waals surface area contributed by atoms with Crippen molar-refractivity contribution in [2.45, 2.75) is 64.0 Å². The Morgan fingerprint density at radius 2 is 1.79 bits per heavy atom. The molecule has 0 aromatic heterocycles. The predicted molar refractivity (Wildman–Crippen MR) is 141 cm³/mol. The van der Waals surface area contributed by atoms with E-state index in [9.17, 15) is 19.4 Å². The summed E-state index contributed by atoms with van der Waals surface area (Å²) in [6.07, 6.45) is -4.06. The van der Waals surface area contributed by atoms with Crippen LogP contribution in [0.3, 0.4) is 0 Å². The van der Waals surface area contributed by atoms with E-state index in [-0.39, 0.29) is 18.3 Å². The van der Waals surface area contributed by atoms with Crippen molar-refractivity contribution in [3.05, 3.63) is 89.7 Å². The van der Waals surface area contributed by atoms with Crippen LogP contribution >= 0.6 is 0 Å². The van der Waals surface area contributed by atoms with Gasteiger partial charge in [-0.15, -0.1) is 0 Å². The number of rotatable bonds is 9. The average Bonchev–Trinajstić information content (AvgIpc) is 2.88. The van der Waals surface area contributed by atoms with Crippen LogP contribution in [0.1, 0.15) is 31.9 Å². The number of amides is 1. The lowest BCUT2D eigenvalue weighted by Gasteiger charge is -2.46. The Morgan fingerprint density at radius 1 is 1.03 bits per heavy atom. The molecule has 1 aliphatic rings. The van der Waals surface area contributed by atoms with Crippen molar-refractivity contribution >= 4 is 5.91 Å². The molecule has 7 nitrogen and oxygen atoms in total. The summed E-state index contributed by atoms with van der Waals surface area (Å²) in [5, 5.41) is 24.6. The number of benzene rings is 3. The Kier molecular flexibility index (Phi) is 8.79. The van der Waals surface area contributed by atoms with Crippen LogP contribution in [0.4, 0.5) is 4.39 Å². The highest BCUT2D eigenvalue weighted by Crippen LogP contribution is 2.35. The van der Waals surface area contributed by atoms with E-state index >= 15 is 0 Å². The lowest BCUT2D eigenvalue weighted by Crippen LogP contribution is -2.64. The maximum Gasteiger partial charge on any atom is 0.229 e. The molecular formula is C30H34FNO6. The van der Waals surface area contributed by atoms with Crippen molar-refractivity contribution in [1.82, 2.24) is 5.32 Å². The second kappa shape index (κ2) is 12.0. The van der Waals surface area contributed by atoms with Gasteiger partial charge in [-0.2, -0.15) is 0 Å². The molecule has 3 N–H and O–H groups in total. The van der Waals surface area contributed by atoms with E-state index in [1.807, 2.05) is 36.4 Å². The molecule has 38 heavy (non-hydrogen) atoms. The minimum Gasteiger partial charge on any atom is -0.462 e. The second-order valence-corrected chi connectivity index (χ2v) is 9.97. The fourth-order valence-corrected chi connectivity index (χ4v) is 4.62. The molecule has 1 saturated heterocycles. The quantitative estimate of drug-likeness (QED) is 0.393. The van der Waals surface area contributed by atoms with Gasteiger partial charge < -0.3 is 29.7 Å². The van der Waals surface area contributed by atoms with Crippen LogP contribution in [0.25, 0.3) is 11.1 Å². The molecule has 0 spiro atoms. The van der Waals surface area contributed by atoms with Crippen LogP contribution in [0.2, 0.25) is 0 Å². The molecule has 4 atom stereocenters. The van der Waals surface area contributed by atoms with Crippen molar-refractivity contribution in [2.75, 3.05) is 6.54 Å². The number of hydrogen-bond acceptors (Lipinski definition) is 6. The SMILES string of the molecule is CC(=O)NCCc1ccc(O[C@@H]2OC(C)(C)[C@H](OCc3ccccc3)[C@@H](O)[C@H]2O)cc1-c1cccc(F)c1. The number of halogens is 1. The second-order valence-electron chi connectivity index (χ2n) is 9.97. The van der Waals surface area contributed by atoms with Gasteiger partial charge in [0, 0.05) is 13.5 Å². The normalized spacial score (nSPS) is 22.6. The van der Waals surface area contributed by atoms with Crippen molar-refractivity contribution in [2.24, 2.45) is 0 Å². The minimum absolute atomic E-state index is 0.132. The molecule has 1 amide bonds. The summed E-state index contributed by atoms with van der Waals surface area (Å²) in [7, 11) is 0. The highest BCUT2D eigenvalue weighted by atomic mass is 19.1. The molecule has 0 saturated carbocycles. The van der Waals surface area contributed by atoms with Crippen LogP contribution in [-0.4, -0.2) is 52.9 Å². The third-order valence-corrected chi connectivity index (χ3v) is 6.55. The van der Waals surface area contributed by atoms with Crippen molar-refractivity contribution in [3.63, 3.8) is 0 Å². The summed E-state index contributed by atoms with van der Waals surface area (Å²) in [4.78, 5) is 11.3. The molecule has 0 bridgehead atoms. The molecule has 202 valence electrons. The molecule has 0 radical (unpaired) electrons. The fourth-order valence-electron chi connectivity index (χ4n) is 4.62. The van der Waals surface area contributed by atoms with Gasteiger partial charge >= 0.3 is 0 Å². The van der Waals surface area contributed by atoms with Gasteiger partial charge in [0.2, 0.25) is 12.2 Å². The predicted octanol–water partition coefficient (Wildman–Crippen LogP) is 3.99. The van der Waals surface area contributed by atoms with Gasteiger partial charge in [-0.1, -0.05) is 48.5 Å². The fraction of sp³-hybridized carbons (Fsp3) is 0.367. The first kappa shape index (κ1) is 27.7. The zero-order valence-electron chi connectivity index (χ0n) is 21.8. The van der Waals surface area contributed by atoms with Crippen LogP contribution in [0.5, 0.6) is 5.75 Å². The molecule has 1 heterocycles. The molecule has 4 rings (SSSR count). The summed E-state index contributed by atoms with van der Waals surface area (Å²) in [6.45, 7) is 5.68. The van der Waals surface area contributed by atoms with E-state index in [1.165, 1.54) is 19.1 Å². The first-order chi connectivity index (χ1) is 18.1. The largest absolute Gasteiger partial charge is 0.462 e. The number of nitrogens with one attached hydrogen (secondary N) is 1. The minimum atomic E-state index is -1.37. The summed E-state index contributed by atoms with van der Waals surface area (Å²) >= 11 is 0. The van der Waals surface area contributed by atoms with Crippen molar-refractivity contribution in [1.29, 1.82) is 0 Å². The Balaban J connectivity index is 1.52. The Labute approximate surface area is 222 Å². The monoisotopic (exact) mass is 523 g/mol. The van der Waals surface area contributed by atoms with Gasteiger partial charge in [0.05, 0.1) is 12.2 Å². The molecule has 1 aliphatic heterocycles. The first-order valence-electron chi connectivity index (χ1n) is 12.6. The standard InChI is InChI=1S/C30H34FNO6/c1-19(33)32-15-14-21-12-13-24(17-25(21)22-10-7-11-23(31)16-22)37-29-27(35)26(34)28(30(2,3)38-29)36-18-20-8-5-4-6-9-20/h4-13,16-17,26-29,34-35H,14-15,18H2,1-3H3,(H,32,33)/t26-,27+,28+,29+/m0/s1. The topological polar surface area (TPSA) is 97.3 Å². The van der Waals surface area contributed by atoms with E-state index < -0.39 is 30.2 Å². The van der Waals surface area contributed by atoms with Gasteiger partial charge in [0.25, 0.3) is 0 Å². The van der Waals surface area contributed by atoms with Gasteiger partial charge in [-0.3, -0.25) is 4.79 Å². The number of aliphatic hydroxyl groups excluding tert-OH is 2. The molecule has 0 unspecified atom stereocenters. The smallest absolute Gasteiger partial charge is 0.229 e. The van der Waals surface area contributed by atoms with Gasteiger partial charge in [0.15, 0.2) is 0 Å². The lowest BCUT2D eigenvalue weighted by molar-refractivity contribution is -0.311. The molecule has 8 heteroatoms. The molecule has 3 aromatic carbocycles. The molecule has 1 fully saturated rings. The number of carbonyl (C=O) groups excluding carboxylic acids is 1. The summed E-state index contributed by atoms with van der Waals surface area (Å²) in [6, 6.07) is 21.1. The van der Waals surface area contributed by atoms with Crippen LogP contribution in [-0.2, 0) is 27.3 Å². The van der Waals surface area contributed by atoms with E-state index in [2.05, 4.69) is 5.32 Å². The van der Waals surface area contributed by atoms with E-state index in [0.29, 0.717) is 24.3 Å². The van der Waals surface area contributed by atoms with Crippen molar-refractivity contribution < 1.29 is 33.6 Å². The maximum atomic E-state index is 14.0. The van der Waals surface area contributed by atoms with E-state index in [1.54, 1.807) is 38.1 Å². The zero-order valence-corrected chi connectivity index (χ0v) is 21.8. The Hall–Kier alpha value is -3.30. The van der Waals surface area contributed by atoms with Crippen molar-refractivity contribution in [3.8, 4) is 16.9 Å². The number of ether oxygens (including phenoxy) is 3. The van der Waals surface area contributed by atoms with Crippen LogP contribution in [0, 0.1) is 5.82 Å². The summed E-state index contributed by atoms with van der Waals surface area (Å²) < 4.78 is 32.1. The molecule has 3 aromatic rings. The van der Waals surface area contributed by atoms with Crippen LogP contribution in [0.15, 0.2) is 72.8 Å². The lowest BCUT2D eigenvalue weighted by atomic mass is 9.89. The van der Waals surface area contributed by atoms with E-state index in [0.717, 1.165) is 16.7 Å². The Bertz CT molecular complexity index is 1230. The van der Waals surface area contributed by atoms with Crippen LogP contribution < -0.4 is 10.1 Å². The highest BCUT2D eigenvalue weighted by Gasteiger charge is 2.51. The molecule has 0 aliphatic carbocycles. The zero-order chi connectivity index (χ0) is 27.3. The third-order valence-electron chi connectivity index (χ3n) is 6.55.